The third-order valence-electron chi connectivity index (χ3n) is 33.0. The SMILES string of the molecule is C.C.CC.CC.CN1c2ccccc2Cc2c1ccc1c2Cc2ccccc2N1C.CN1c2ccccc2Cc2c1ccc1c2N(C)c2ccccc2C1.CN1c2ccccc2Cc2c1ccc1c2N(C)c2ccccc2C1.CN1c2ccccc2Cc2c1ccc1c2N(C)c2ccccc2C1.CN1c2ccccc2Cc2cc3c(cc21)Cc1ccccc1N3C.CN1c2ccccc2Cc2cc3c(cc21)N(C)c1ccccc1C3. The molecule has 12 aliphatic heterocycles. The number of hydrogen-bond donors (Lipinski definition) is 0. The molecule has 18 aromatic rings. The van der Waals surface area contributed by atoms with Crippen molar-refractivity contribution in [3.8, 4) is 0 Å². The first kappa shape index (κ1) is 99.5. The Morgan fingerprint density at radius 3 is 0.460 bits per heavy atom. The van der Waals surface area contributed by atoms with Gasteiger partial charge in [-0.3, -0.25) is 0 Å². The molecule has 0 spiro atoms. The summed E-state index contributed by atoms with van der Waals surface area (Å²) in [5.41, 5.74) is 66.4. The number of fused-ring (bicyclic) bond motifs is 28. The maximum atomic E-state index is 2.42. The first-order valence-electron chi connectivity index (χ1n) is 53.1. The highest BCUT2D eigenvalue weighted by Gasteiger charge is 2.37. The molecule has 30 rings (SSSR count). The van der Waals surface area contributed by atoms with Gasteiger partial charge in [-0.05, 0) is 238 Å². The largest absolute Gasteiger partial charge is 0.344 e. The van der Waals surface area contributed by atoms with Crippen molar-refractivity contribution in [1.82, 2.24) is 0 Å². The van der Waals surface area contributed by atoms with Crippen LogP contribution in [0.15, 0.2) is 364 Å². The molecule has 0 aromatic heterocycles. The van der Waals surface area contributed by atoms with Crippen LogP contribution in [0.2, 0.25) is 0 Å². The molecule has 0 N–H and O–H groups in total. The van der Waals surface area contributed by atoms with Gasteiger partial charge in [-0.1, -0.05) is 285 Å². The molecule has 0 saturated heterocycles. The second kappa shape index (κ2) is 41.3. The van der Waals surface area contributed by atoms with Gasteiger partial charge in [0, 0.05) is 298 Å². The lowest BCUT2D eigenvalue weighted by molar-refractivity contribution is 0.981. The Morgan fingerprint density at radius 1 is 0.113 bits per heavy atom. The lowest BCUT2D eigenvalue weighted by Gasteiger charge is -2.37. The molecule has 0 amide bonds. The lowest BCUT2D eigenvalue weighted by atomic mass is 9.86. The normalized spacial score (nSPS) is 14.1. The maximum Gasteiger partial charge on any atom is 0.0501 e. The highest BCUT2D eigenvalue weighted by Crippen LogP contribution is 2.56. The molecule has 0 fully saturated rings. The summed E-state index contributed by atoms with van der Waals surface area (Å²) < 4.78 is 0. The fourth-order valence-corrected chi connectivity index (χ4v) is 25.8. The van der Waals surface area contributed by atoms with Crippen LogP contribution in [0.4, 0.5) is 136 Å². The molecule has 18 aromatic carbocycles. The van der Waals surface area contributed by atoms with E-state index in [0.29, 0.717) is 0 Å². The molecular formula is C138H140N12. The zero-order valence-corrected chi connectivity index (χ0v) is 88.5. The Balaban J connectivity index is 0.000000104. The summed E-state index contributed by atoms with van der Waals surface area (Å²) in [6, 6.07) is 133. The van der Waals surface area contributed by atoms with Gasteiger partial charge in [0.2, 0.25) is 0 Å². The quantitative estimate of drug-likeness (QED) is 0.145. The number of rotatable bonds is 0. The highest BCUT2D eigenvalue weighted by molar-refractivity contribution is 5.93. The van der Waals surface area contributed by atoms with Crippen LogP contribution in [-0.2, 0) is 77.0 Å². The van der Waals surface area contributed by atoms with Crippen molar-refractivity contribution < 1.29 is 0 Å². The summed E-state index contributed by atoms with van der Waals surface area (Å²) in [4.78, 5) is 28.2. The van der Waals surface area contributed by atoms with Crippen molar-refractivity contribution in [2.24, 2.45) is 0 Å². The number of para-hydroxylation sites is 12. The second-order valence-electron chi connectivity index (χ2n) is 40.9. The standard InChI is InChI=1S/6C22H20N2.2C2H6.2CH4/c3*1-23-19-9-5-4-8-16(19)14-18-21(23)12-11-17-13-15-7-3-6-10-20(15)24(2)22(17)18;1-23-19-9-5-3-7-15(19)11-17-14-22-18(13-21(17)23)12-16-8-4-6-10-20(16)24(22)2;1-23-19-9-5-3-7-15(19)11-17-13-18-12-16-8-4-6-10-20(16)24(2)22(18)14-21(17)23;1-23-19-9-5-3-7-15(19)13-17-18-14-16-8-4-6-10-20(16)24(2)22(18)12-11-21(17)23;2*1-2;;/h3*3-12H,13-14H2,1-2H3;2*3-10,13-14H,11-12H2,1-2H3;3-12H,13-14H2,1-2H3;2*1-2H3;2*1H4. The predicted molar refractivity (Wildman–Crippen MR) is 643 cm³/mol. The molecule has 12 heteroatoms. The van der Waals surface area contributed by atoms with Crippen LogP contribution in [0.5, 0.6) is 0 Å². The van der Waals surface area contributed by atoms with E-state index in [2.05, 4.69) is 507 Å². The van der Waals surface area contributed by atoms with Crippen molar-refractivity contribution >= 4 is 136 Å². The van der Waals surface area contributed by atoms with Crippen LogP contribution >= 0.6 is 0 Å². The second-order valence-corrected chi connectivity index (χ2v) is 40.9. The first-order valence-corrected chi connectivity index (χ1v) is 53.1. The topological polar surface area (TPSA) is 38.9 Å². The minimum Gasteiger partial charge on any atom is -0.344 e. The summed E-state index contributed by atoms with van der Waals surface area (Å²) in [6.07, 6.45) is 12.2. The Kier molecular flexibility index (Phi) is 27.4. The van der Waals surface area contributed by atoms with Crippen LogP contribution in [-0.4, -0.2) is 84.6 Å². The molecule has 0 radical (unpaired) electrons. The van der Waals surface area contributed by atoms with Crippen molar-refractivity contribution in [1.29, 1.82) is 0 Å². The number of anilines is 24. The maximum absolute atomic E-state index is 2.42. The molecule has 0 aliphatic carbocycles. The van der Waals surface area contributed by atoms with E-state index >= 15 is 0 Å². The van der Waals surface area contributed by atoms with Gasteiger partial charge in [0.1, 0.15) is 0 Å². The van der Waals surface area contributed by atoms with E-state index < -0.39 is 0 Å². The summed E-state index contributed by atoms with van der Waals surface area (Å²) in [6.45, 7) is 8.00. The van der Waals surface area contributed by atoms with Crippen LogP contribution in [0.25, 0.3) is 0 Å². The molecule has 0 bridgehead atoms. The molecule has 150 heavy (non-hydrogen) atoms. The van der Waals surface area contributed by atoms with Gasteiger partial charge in [0.05, 0.1) is 17.1 Å². The van der Waals surface area contributed by atoms with E-state index in [0.717, 1.165) is 77.0 Å². The molecule has 0 atom stereocenters. The minimum atomic E-state index is 0. The van der Waals surface area contributed by atoms with E-state index in [-0.39, 0.29) is 14.9 Å². The van der Waals surface area contributed by atoms with E-state index in [1.165, 1.54) is 270 Å². The fraction of sp³-hybridized carbons (Fsp3) is 0.217. The van der Waals surface area contributed by atoms with Crippen LogP contribution in [0.1, 0.15) is 176 Å². The Bertz CT molecular complexity index is 7500. The summed E-state index contributed by atoms with van der Waals surface area (Å²) in [5, 5.41) is 0. The van der Waals surface area contributed by atoms with Gasteiger partial charge in [-0.25, -0.2) is 0 Å². The Morgan fingerprint density at radius 2 is 0.253 bits per heavy atom. The van der Waals surface area contributed by atoms with Gasteiger partial charge in [0.25, 0.3) is 0 Å². The van der Waals surface area contributed by atoms with Crippen LogP contribution in [0, 0.1) is 0 Å². The number of hydrogen-bond acceptors (Lipinski definition) is 12. The van der Waals surface area contributed by atoms with Crippen LogP contribution in [0.3, 0.4) is 0 Å². The molecule has 0 unspecified atom stereocenters. The fourth-order valence-electron chi connectivity index (χ4n) is 25.8. The van der Waals surface area contributed by atoms with Gasteiger partial charge < -0.3 is 58.8 Å². The number of benzene rings is 18. The molecule has 752 valence electrons. The highest BCUT2D eigenvalue weighted by atomic mass is 15.2. The first-order chi connectivity index (χ1) is 72.4. The van der Waals surface area contributed by atoms with Crippen LogP contribution < -0.4 is 58.8 Å². The lowest BCUT2D eigenvalue weighted by Crippen LogP contribution is -2.25. The van der Waals surface area contributed by atoms with Gasteiger partial charge in [-0.15, -0.1) is 0 Å². The van der Waals surface area contributed by atoms with Gasteiger partial charge >= 0.3 is 0 Å². The predicted octanol–water partition coefficient (Wildman–Crippen LogP) is 33.5. The molecule has 12 heterocycles. The third-order valence-corrected chi connectivity index (χ3v) is 33.0. The molecule has 0 saturated carbocycles. The molecular weight excluding hydrogens is 1830 g/mol. The van der Waals surface area contributed by atoms with Crippen molar-refractivity contribution in [3.63, 3.8) is 0 Å². The monoisotopic (exact) mass is 1970 g/mol. The third kappa shape index (κ3) is 17.3. The molecule has 12 nitrogen and oxygen atoms in total. The van der Waals surface area contributed by atoms with Crippen molar-refractivity contribution in [3.05, 3.63) is 498 Å². The zero-order chi connectivity index (χ0) is 102. The van der Waals surface area contributed by atoms with E-state index in [4.69, 9.17) is 0 Å². The summed E-state index contributed by atoms with van der Waals surface area (Å²) in [5.74, 6) is 0. The zero-order valence-electron chi connectivity index (χ0n) is 88.5. The minimum absolute atomic E-state index is 0. The smallest absolute Gasteiger partial charge is 0.0501 e. The van der Waals surface area contributed by atoms with Gasteiger partial charge in [-0.2, -0.15) is 0 Å². The van der Waals surface area contributed by atoms with E-state index in [1.807, 2.05) is 27.7 Å². The van der Waals surface area contributed by atoms with Crippen molar-refractivity contribution in [2.75, 3.05) is 143 Å². The average molecular weight is 1970 g/mol. The van der Waals surface area contributed by atoms with Gasteiger partial charge in [0.15, 0.2) is 0 Å². The van der Waals surface area contributed by atoms with E-state index in [9.17, 15) is 0 Å². The average Bonchev–Trinajstić information content (AvgIpc) is 0.732. The number of nitrogens with zero attached hydrogens (tertiary/aromatic N) is 12. The van der Waals surface area contributed by atoms with Crippen molar-refractivity contribution in [2.45, 2.75) is 120 Å². The molecule has 12 aliphatic rings. The summed E-state index contributed by atoms with van der Waals surface area (Å²) >= 11 is 0. The Hall–Kier alpha value is -16.4. The summed E-state index contributed by atoms with van der Waals surface area (Å²) in [7, 11) is 26.3. The van der Waals surface area contributed by atoms with E-state index in [1.54, 1.807) is 0 Å². The Labute approximate surface area is 890 Å².